The Morgan fingerprint density at radius 3 is 2.63 bits per heavy atom. The second kappa shape index (κ2) is 6.29. The average Bonchev–Trinajstić information content (AvgIpc) is 2.46. The number of benzene rings is 2. The van der Waals surface area contributed by atoms with Gasteiger partial charge in [0.25, 0.3) is 0 Å². The fourth-order valence-corrected chi connectivity index (χ4v) is 1.86. The number of nitrogens with one attached hydrogen (secondary N) is 1. The van der Waals surface area contributed by atoms with Crippen LogP contribution in [0.25, 0.3) is 0 Å². The minimum Gasteiger partial charge on any atom is -0.387 e. The molecule has 2 N–H and O–H groups in total. The first kappa shape index (κ1) is 13.5. The Balaban J connectivity index is 1.98. The molecule has 0 aliphatic carbocycles. The molecule has 2 rings (SSSR count). The minimum absolute atomic E-state index is 0.412. The van der Waals surface area contributed by atoms with E-state index in [-0.39, 0.29) is 0 Å². The maximum absolute atomic E-state index is 10.1. The first-order valence-corrected chi connectivity index (χ1v) is 6.31. The molecule has 3 heteroatoms. The number of aliphatic hydroxyl groups excluding tert-OH is 1. The SMILES string of the molecule is C#Cc1cccc(NCC(O)c2ccc(Cl)cc2)c1. The molecule has 2 nitrogen and oxygen atoms in total. The largest absolute Gasteiger partial charge is 0.387 e. The van der Waals surface area contributed by atoms with Gasteiger partial charge in [0.15, 0.2) is 0 Å². The van der Waals surface area contributed by atoms with Crippen LogP contribution in [0.5, 0.6) is 0 Å². The van der Waals surface area contributed by atoms with Crippen molar-refractivity contribution in [2.75, 3.05) is 11.9 Å². The lowest BCUT2D eigenvalue weighted by molar-refractivity contribution is 0.191. The van der Waals surface area contributed by atoms with Crippen molar-refractivity contribution in [2.24, 2.45) is 0 Å². The summed E-state index contributed by atoms with van der Waals surface area (Å²) >= 11 is 5.81. The van der Waals surface area contributed by atoms with Crippen LogP contribution in [0.1, 0.15) is 17.2 Å². The van der Waals surface area contributed by atoms with E-state index in [4.69, 9.17) is 18.0 Å². The predicted molar refractivity (Wildman–Crippen MR) is 79.3 cm³/mol. The quantitative estimate of drug-likeness (QED) is 0.835. The third kappa shape index (κ3) is 3.75. The highest BCUT2D eigenvalue weighted by atomic mass is 35.5. The van der Waals surface area contributed by atoms with Gasteiger partial charge in [-0.3, -0.25) is 0 Å². The van der Waals surface area contributed by atoms with E-state index in [0.717, 1.165) is 16.8 Å². The molecule has 0 spiro atoms. The van der Waals surface area contributed by atoms with E-state index >= 15 is 0 Å². The summed E-state index contributed by atoms with van der Waals surface area (Å²) in [6.45, 7) is 0.412. The second-order valence-corrected chi connectivity index (χ2v) is 4.61. The molecule has 0 aliphatic heterocycles. The van der Waals surface area contributed by atoms with Crippen molar-refractivity contribution in [3.63, 3.8) is 0 Å². The van der Waals surface area contributed by atoms with Gasteiger partial charge >= 0.3 is 0 Å². The molecule has 0 fully saturated rings. The van der Waals surface area contributed by atoms with Crippen molar-refractivity contribution in [3.8, 4) is 12.3 Å². The Morgan fingerprint density at radius 1 is 1.21 bits per heavy atom. The Labute approximate surface area is 118 Å². The highest BCUT2D eigenvalue weighted by molar-refractivity contribution is 6.30. The molecular formula is C16H14ClNO. The predicted octanol–water partition coefficient (Wildman–Crippen LogP) is 3.47. The van der Waals surface area contributed by atoms with E-state index in [9.17, 15) is 5.11 Å². The maximum Gasteiger partial charge on any atom is 0.0962 e. The topological polar surface area (TPSA) is 32.3 Å². The van der Waals surface area contributed by atoms with Crippen LogP contribution in [0, 0.1) is 12.3 Å². The van der Waals surface area contributed by atoms with Gasteiger partial charge in [-0.2, -0.15) is 0 Å². The van der Waals surface area contributed by atoms with Gasteiger partial charge in [-0.05, 0) is 35.9 Å². The average molecular weight is 272 g/mol. The molecule has 0 saturated carbocycles. The van der Waals surface area contributed by atoms with Crippen molar-refractivity contribution in [2.45, 2.75) is 6.10 Å². The Morgan fingerprint density at radius 2 is 1.95 bits per heavy atom. The second-order valence-electron chi connectivity index (χ2n) is 4.17. The van der Waals surface area contributed by atoms with Crippen LogP contribution in [0.4, 0.5) is 5.69 Å². The normalized spacial score (nSPS) is 11.6. The summed E-state index contributed by atoms with van der Waals surface area (Å²) in [5.74, 6) is 2.58. The summed E-state index contributed by atoms with van der Waals surface area (Å²) in [6, 6.07) is 14.7. The lowest BCUT2D eigenvalue weighted by atomic mass is 10.1. The van der Waals surface area contributed by atoms with Crippen LogP contribution in [0.3, 0.4) is 0 Å². The molecule has 0 amide bonds. The Hall–Kier alpha value is -1.95. The Bertz CT molecular complexity index is 586. The number of rotatable bonds is 4. The van der Waals surface area contributed by atoms with Crippen LogP contribution in [-0.4, -0.2) is 11.7 Å². The zero-order valence-corrected chi connectivity index (χ0v) is 11.1. The van der Waals surface area contributed by atoms with Crippen LogP contribution in [0.2, 0.25) is 5.02 Å². The lowest BCUT2D eigenvalue weighted by Gasteiger charge is -2.13. The van der Waals surface area contributed by atoms with Crippen molar-refractivity contribution in [1.29, 1.82) is 0 Å². The van der Waals surface area contributed by atoms with Gasteiger partial charge in [-0.1, -0.05) is 35.7 Å². The number of anilines is 1. The van der Waals surface area contributed by atoms with Crippen LogP contribution in [0.15, 0.2) is 48.5 Å². The highest BCUT2D eigenvalue weighted by Gasteiger charge is 2.06. The standard InChI is InChI=1S/C16H14ClNO/c1-2-12-4-3-5-15(10-12)18-11-16(19)13-6-8-14(17)9-7-13/h1,3-10,16,18-19H,11H2. The third-order valence-corrected chi connectivity index (χ3v) is 3.04. The fraction of sp³-hybridized carbons (Fsp3) is 0.125. The molecule has 0 aliphatic rings. The molecule has 0 heterocycles. The number of aliphatic hydroxyl groups is 1. The van der Waals surface area contributed by atoms with E-state index in [1.165, 1.54) is 0 Å². The maximum atomic E-state index is 10.1. The first-order chi connectivity index (χ1) is 9.19. The van der Waals surface area contributed by atoms with E-state index in [0.29, 0.717) is 11.6 Å². The van der Waals surface area contributed by atoms with Gasteiger partial charge in [-0.15, -0.1) is 6.42 Å². The summed E-state index contributed by atoms with van der Waals surface area (Å²) in [4.78, 5) is 0. The van der Waals surface area contributed by atoms with Gasteiger partial charge in [0.05, 0.1) is 6.10 Å². The Kier molecular flexibility index (Phi) is 4.46. The molecule has 0 radical (unpaired) electrons. The van der Waals surface area contributed by atoms with Gasteiger partial charge in [0.1, 0.15) is 0 Å². The number of hydrogen-bond acceptors (Lipinski definition) is 2. The smallest absolute Gasteiger partial charge is 0.0962 e. The summed E-state index contributed by atoms with van der Waals surface area (Å²) in [6.07, 6.45) is 4.75. The van der Waals surface area contributed by atoms with Crippen LogP contribution in [-0.2, 0) is 0 Å². The molecule has 1 unspecified atom stereocenters. The highest BCUT2D eigenvalue weighted by Crippen LogP contribution is 2.17. The zero-order chi connectivity index (χ0) is 13.7. The first-order valence-electron chi connectivity index (χ1n) is 5.93. The molecule has 2 aromatic rings. The molecular weight excluding hydrogens is 258 g/mol. The monoisotopic (exact) mass is 271 g/mol. The minimum atomic E-state index is -0.591. The number of halogens is 1. The van der Waals surface area contributed by atoms with Crippen molar-refractivity contribution >= 4 is 17.3 Å². The van der Waals surface area contributed by atoms with Gasteiger partial charge in [0.2, 0.25) is 0 Å². The zero-order valence-electron chi connectivity index (χ0n) is 10.3. The summed E-state index contributed by atoms with van der Waals surface area (Å²) in [5.41, 5.74) is 2.53. The van der Waals surface area contributed by atoms with Gasteiger partial charge in [0, 0.05) is 22.8 Å². The van der Waals surface area contributed by atoms with E-state index in [1.807, 2.05) is 36.4 Å². The molecule has 19 heavy (non-hydrogen) atoms. The van der Waals surface area contributed by atoms with Crippen molar-refractivity contribution in [3.05, 3.63) is 64.7 Å². The molecule has 1 atom stereocenters. The van der Waals surface area contributed by atoms with Crippen molar-refractivity contribution < 1.29 is 5.11 Å². The molecule has 0 saturated heterocycles. The fourth-order valence-electron chi connectivity index (χ4n) is 1.74. The summed E-state index contributed by atoms with van der Waals surface area (Å²) < 4.78 is 0. The van der Waals surface area contributed by atoms with Gasteiger partial charge < -0.3 is 10.4 Å². The molecule has 2 aromatic carbocycles. The lowest BCUT2D eigenvalue weighted by Crippen LogP contribution is -2.12. The van der Waals surface area contributed by atoms with E-state index in [1.54, 1.807) is 12.1 Å². The summed E-state index contributed by atoms with van der Waals surface area (Å²) in [5, 5.41) is 13.9. The summed E-state index contributed by atoms with van der Waals surface area (Å²) in [7, 11) is 0. The third-order valence-electron chi connectivity index (χ3n) is 2.78. The van der Waals surface area contributed by atoms with Crippen LogP contribution >= 0.6 is 11.6 Å². The molecule has 96 valence electrons. The van der Waals surface area contributed by atoms with E-state index < -0.39 is 6.10 Å². The molecule has 0 aromatic heterocycles. The molecule has 0 bridgehead atoms. The van der Waals surface area contributed by atoms with Crippen molar-refractivity contribution in [1.82, 2.24) is 0 Å². The number of hydrogen-bond donors (Lipinski definition) is 2. The van der Waals surface area contributed by atoms with E-state index in [2.05, 4.69) is 11.2 Å². The van der Waals surface area contributed by atoms with Gasteiger partial charge in [-0.25, -0.2) is 0 Å². The number of terminal acetylenes is 1. The van der Waals surface area contributed by atoms with Crippen LogP contribution < -0.4 is 5.32 Å².